The highest BCUT2D eigenvalue weighted by Crippen LogP contribution is 2.31. The number of hydrogen-bond acceptors (Lipinski definition) is 4. The van der Waals surface area contributed by atoms with E-state index in [-0.39, 0.29) is 11.1 Å². The Morgan fingerprint density at radius 3 is 2.50 bits per heavy atom. The molecule has 0 radical (unpaired) electrons. The van der Waals surface area contributed by atoms with Gasteiger partial charge in [0, 0.05) is 26.7 Å². The predicted octanol–water partition coefficient (Wildman–Crippen LogP) is 1.86. The summed E-state index contributed by atoms with van der Waals surface area (Å²) in [6, 6.07) is 3.11. The average molecular weight is 327 g/mol. The largest absolute Gasteiger partial charge is 0.357 e. The second-order valence-corrected chi connectivity index (χ2v) is 8.61. The van der Waals surface area contributed by atoms with Gasteiger partial charge in [-0.2, -0.15) is 0 Å². The molecule has 1 aliphatic carbocycles. The molecule has 122 valence electrons. The first-order valence-corrected chi connectivity index (χ1v) is 9.29. The van der Waals surface area contributed by atoms with E-state index in [4.69, 9.17) is 0 Å². The average Bonchev–Trinajstić information content (AvgIpc) is 3.34. The van der Waals surface area contributed by atoms with Crippen molar-refractivity contribution >= 4 is 15.8 Å². The molecule has 1 aromatic rings. The summed E-state index contributed by atoms with van der Waals surface area (Å²) in [5, 5.41) is -0.138. The number of aromatic nitrogens is 1. The van der Waals surface area contributed by atoms with Crippen LogP contribution < -0.4 is 4.90 Å². The lowest BCUT2D eigenvalue weighted by molar-refractivity contribution is 0.327. The number of hydrogen-bond donors (Lipinski definition) is 0. The molecule has 2 aliphatic rings. The summed E-state index contributed by atoms with van der Waals surface area (Å²) in [6.07, 6.45) is 4.72. The Bertz CT molecular complexity index is 608. The van der Waals surface area contributed by atoms with Crippen molar-refractivity contribution in [2.75, 3.05) is 31.6 Å². The van der Waals surface area contributed by atoms with Crippen LogP contribution in [0.4, 0.5) is 10.2 Å². The summed E-state index contributed by atoms with van der Waals surface area (Å²) in [6.45, 7) is 2.27. The molecule has 22 heavy (non-hydrogen) atoms. The van der Waals surface area contributed by atoms with Gasteiger partial charge in [-0.3, -0.25) is 0 Å². The van der Waals surface area contributed by atoms with Gasteiger partial charge in [-0.25, -0.2) is 22.1 Å². The quantitative estimate of drug-likeness (QED) is 0.828. The van der Waals surface area contributed by atoms with Crippen LogP contribution in [-0.4, -0.2) is 49.6 Å². The molecule has 0 bridgehead atoms. The number of rotatable bonds is 5. The minimum Gasteiger partial charge on any atom is -0.357 e. The minimum atomic E-state index is -3.07. The van der Waals surface area contributed by atoms with Gasteiger partial charge in [0.2, 0.25) is 10.0 Å². The maximum atomic E-state index is 12.9. The first-order chi connectivity index (χ1) is 10.5. The zero-order valence-corrected chi connectivity index (χ0v) is 13.6. The third-order valence-electron chi connectivity index (χ3n) is 4.55. The lowest BCUT2D eigenvalue weighted by Gasteiger charge is -2.34. The fraction of sp³-hybridized carbons (Fsp3) is 0.667. The summed E-state index contributed by atoms with van der Waals surface area (Å²) in [5.74, 6) is 0.847. The van der Waals surface area contributed by atoms with Gasteiger partial charge in [0.25, 0.3) is 0 Å². The third-order valence-corrected chi connectivity index (χ3v) is 6.88. The van der Waals surface area contributed by atoms with Crippen LogP contribution >= 0.6 is 0 Å². The van der Waals surface area contributed by atoms with Crippen molar-refractivity contribution in [3.05, 3.63) is 24.1 Å². The molecule has 5 nitrogen and oxygen atoms in total. The van der Waals surface area contributed by atoms with Crippen LogP contribution in [0.2, 0.25) is 0 Å². The lowest BCUT2D eigenvalue weighted by Crippen LogP contribution is -2.40. The van der Waals surface area contributed by atoms with Crippen LogP contribution in [0, 0.1) is 11.7 Å². The van der Waals surface area contributed by atoms with E-state index in [1.807, 2.05) is 0 Å². The summed E-state index contributed by atoms with van der Waals surface area (Å²) < 4.78 is 38.7. The third kappa shape index (κ3) is 3.41. The van der Waals surface area contributed by atoms with Gasteiger partial charge in [0.05, 0.1) is 11.4 Å². The summed E-state index contributed by atoms with van der Waals surface area (Å²) in [5.41, 5.74) is 0. The van der Waals surface area contributed by atoms with Crippen LogP contribution in [0.5, 0.6) is 0 Å². The van der Waals surface area contributed by atoms with Crippen molar-refractivity contribution in [2.45, 2.75) is 30.9 Å². The number of halogens is 1. The van der Waals surface area contributed by atoms with Crippen LogP contribution in [0.15, 0.2) is 18.3 Å². The van der Waals surface area contributed by atoms with Crippen LogP contribution in [0.3, 0.4) is 0 Å². The van der Waals surface area contributed by atoms with Crippen LogP contribution in [0.1, 0.15) is 25.7 Å². The predicted molar refractivity (Wildman–Crippen MR) is 83.7 cm³/mol. The normalized spacial score (nSPS) is 20.6. The highest BCUT2D eigenvalue weighted by atomic mass is 32.2. The molecule has 2 fully saturated rings. The van der Waals surface area contributed by atoms with Gasteiger partial charge in [0.15, 0.2) is 0 Å². The molecule has 2 heterocycles. The molecule has 0 atom stereocenters. The van der Waals surface area contributed by atoms with Crippen molar-refractivity contribution in [2.24, 2.45) is 5.92 Å². The lowest BCUT2D eigenvalue weighted by atomic mass is 9.97. The molecule has 0 spiro atoms. The molecule has 1 aromatic heterocycles. The molecule has 0 N–H and O–H groups in total. The van der Waals surface area contributed by atoms with Gasteiger partial charge in [-0.05, 0) is 43.7 Å². The Labute approximate surface area is 131 Å². The summed E-state index contributed by atoms with van der Waals surface area (Å²) in [4.78, 5) is 6.23. The zero-order valence-electron chi connectivity index (χ0n) is 12.8. The van der Waals surface area contributed by atoms with E-state index in [1.165, 1.54) is 12.3 Å². The Morgan fingerprint density at radius 2 is 1.95 bits per heavy atom. The molecule has 7 heteroatoms. The number of nitrogens with zero attached hydrogens (tertiary/aromatic N) is 3. The molecule has 1 saturated carbocycles. The fourth-order valence-electron chi connectivity index (χ4n) is 2.99. The van der Waals surface area contributed by atoms with Gasteiger partial charge in [0.1, 0.15) is 11.6 Å². The van der Waals surface area contributed by atoms with Crippen molar-refractivity contribution in [1.29, 1.82) is 0 Å². The standard InChI is InChI=1S/C15H22FN3O2S/c1-18(22(20,21)14-3-4-14)11-12-6-8-19(9-7-12)15-5-2-13(16)10-17-15/h2,5,10,12,14H,3-4,6-9,11H2,1H3. The van der Waals surface area contributed by atoms with Gasteiger partial charge in [-0.15, -0.1) is 0 Å². The molecule has 1 saturated heterocycles. The molecule has 0 aromatic carbocycles. The van der Waals surface area contributed by atoms with E-state index in [9.17, 15) is 12.8 Å². The Balaban J connectivity index is 1.52. The molecule has 1 aliphatic heterocycles. The number of pyridine rings is 1. The summed E-state index contributed by atoms with van der Waals surface area (Å²) >= 11 is 0. The number of anilines is 1. The minimum absolute atomic E-state index is 0.138. The highest BCUT2D eigenvalue weighted by molar-refractivity contribution is 7.90. The molecule has 3 rings (SSSR count). The molecular formula is C15H22FN3O2S. The van der Waals surface area contributed by atoms with Gasteiger partial charge >= 0.3 is 0 Å². The topological polar surface area (TPSA) is 53.5 Å². The smallest absolute Gasteiger partial charge is 0.216 e. The van der Waals surface area contributed by atoms with Gasteiger partial charge < -0.3 is 4.90 Å². The fourth-order valence-corrected chi connectivity index (χ4v) is 4.65. The maximum Gasteiger partial charge on any atom is 0.216 e. The second-order valence-electron chi connectivity index (χ2n) is 6.29. The maximum absolute atomic E-state index is 12.9. The SMILES string of the molecule is CN(CC1CCN(c2ccc(F)cn2)CC1)S(=O)(=O)C1CC1. The van der Waals surface area contributed by atoms with E-state index in [2.05, 4.69) is 9.88 Å². The first kappa shape index (κ1) is 15.7. The van der Waals surface area contributed by atoms with Crippen LogP contribution in [-0.2, 0) is 10.0 Å². The Hall–Kier alpha value is -1.21. The van der Waals surface area contributed by atoms with Gasteiger partial charge in [-0.1, -0.05) is 0 Å². The van der Waals surface area contributed by atoms with Crippen molar-refractivity contribution < 1.29 is 12.8 Å². The molecular weight excluding hydrogens is 305 g/mol. The van der Waals surface area contributed by atoms with Crippen molar-refractivity contribution in [1.82, 2.24) is 9.29 Å². The van der Waals surface area contributed by atoms with Crippen LogP contribution in [0.25, 0.3) is 0 Å². The van der Waals surface area contributed by atoms with E-state index >= 15 is 0 Å². The number of piperidine rings is 1. The molecule has 0 unspecified atom stereocenters. The van der Waals surface area contributed by atoms with Crippen molar-refractivity contribution in [3.63, 3.8) is 0 Å². The summed E-state index contributed by atoms with van der Waals surface area (Å²) in [7, 11) is -1.37. The number of sulfonamides is 1. The van der Waals surface area contributed by atoms with Crippen molar-refractivity contribution in [3.8, 4) is 0 Å². The monoisotopic (exact) mass is 327 g/mol. The Kier molecular flexibility index (Phi) is 4.36. The van der Waals surface area contributed by atoms with E-state index in [1.54, 1.807) is 17.4 Å². The molecule has 0 amide bonds. The Morgan fingerprint density at radius 1 is 1.27 bits per heavy atom. The highest BCUT2D eigenvalue weighted by Gasteiger charge is 2.39. The van der Waals surface area contributed by atoms with E-state index in [0.717, 1.165) is 44.6 Å². The second kappa shape index (κ2) is 6.12. The van der Waals surface area contributed by atoms with E-state index < -0.39 is 10.0 Å². The zero-order chi connectivity index (χ0) is 15.7. The first-order valence-electron chi connectivity index (χ1n) is 7.78. The van der Waals surface area contributed by atoms with E-state index in [0.29, 0.717) is 12.5 Å².